The Morgan fingerprint density at radius 2 is 2.03 bits per heavy atom. The van der Waals surface area contributed by atoms with Crippen LogP contribution in [0.5, 0.6) is 0 Å². The number of ketones is 1. The van der Waals surface area contributed by atoms with E-state index in [2.05, 4.69) is 9.88 Å². The van der Waals surface area contributed by atoms with Crippen molar-refractivity contribution in [3.63, 3.8) is 0 Å². The number of carbonyl (C=O) groups excluding carboxylic acids is 3. The van der Waals surface area contributed by atoms with Gasteiger partial charge in [0.2, 0.25) is 0 Å². The second kappa shape index (κ2) is 7.96. The van der Waals surface area contributed by atoms with E-state index in [1.165, 1.54) is 14.0 Å². The normalized spacial score (nSPS) is 27.5. The maximum absolute atomic E-state index is 13.5. The van der Waals surface area contributed by atoms with Gasteiger partial charge in [0.15, 0.2) is 5.78 Å². The van der Waals surface area contributed by atoms with Gasteiger partial charge in [0.25, 0.3) is 0 Å². The lowest BCUT2D eigenvalue weighted by Crippen LogP contribution is -2.64. The molecule has 1 aromatic carbocycles. The third-order valence-corrected chi connectivity index (χ3v) is 6.96. The Morgan fingerprint density at radius 1 is 1.29 bits per heavy atom. The Labute approximate surface area is 181 Å². The first-order valence-electron chi connectivity index (χ1n) is 10.5. The highest BCUT2D eigenvalue weighted by Crippen LogP contribution is 2.49. The molecule has 1 aliphatic carbocycles. The van der Waals surface area contributed by atoms with Crippen molar-refractivity contribution >= 4 is 28.6 Å². The van der Waals surface area contributed by atoms with Gasteiger partial charge in [0.1, 0.15) is 12.0 Å². The zero-order valence-electron chi connectivity index (χ0n) is 18.4. The number of esters is 2. The fourth-order valence-electron chi connectivity index (χ4n) is 5.48. The van der Waals surface area contributed by atoms with Gasteiger partial charge >= 0.3 is 11.9 Å². The number of Topliss-reactive ketones (excluding diaryl/α,β-unsaturated/α-hetero) is 1. The summed E-state index contributed by atoms with van der Waals surface area (Å²) in [6.45, 7) is 3.74. The van der Waals surface area contributed by atoms with E-state index in [1.54, 1.807) is 0 Å². The minimum Gasteiger partial charge on any atom is -0.468 e. The number of nitrogens with zero attached hydrogens (tertiary/aromatic N) is 1. The molecule has 1 fully saturated rings. The second-order valence-corrected chi connectivity index (χ2v) is 8.51. The Bertz CT molecular complexity index is 1080. The van der Waals surface area contributed by atoms with Crippen LogP contribution in [0.4, 0.5) is 0 Å². The number of likely N-dealkylation sites (N-methyl/N-ethyl adjacent to an activating group) is 1. The first kappa shape index (κ1) is 21.3. The largest absolute Gasteiger partial charge is 0.468 e. The van der Waals surface area contributed by atoms with Gasteiger partial charge in [-0.3, -0.25) is 19.3 Å². The zero-order valence-corrected chi connectivity index (χ0v) is 18.4. The van der Waals surface area contributed by atoms with Crippen LogP contribution < -0.4 is 0 Å². The second-order valence-electron chi connectivity index (χ2n) is 8.51. The number of aromatic nitrogens is 1. The number of hydrogen-bond acceptors (Lipinski definition) is 6. The van der Waals surface area contributed by atoms with Gasteiger partial charge in [-0.2, -0.15) is 0 Å². The van der Waals surface area contributed by atoms with Crippen molar-refractivity contribution < 1.29 is 23.9 Å². The van der Waals surface area contributed by atoms with Crippen molar-refractivity contribution in [1.29, 1.82) is 0 Å². The smallest absolute Gasteiger partial charge is 0.317 e. The van der Waals surface area contributed by atoms with Crippen molar-refractivity contribution in [2.75, 3.05) is 27.3 Å². The number of nitrogens with one attached hydrogen (secondary N) is 1. The molecule has 1 N–H and O–H groups in total. The Kier molecular flexibility index (Phi) is 5.47. The lowest BCUT2D eigenvalue weighted by molar-refractivity contribution is -0.174. The zero-order chi connectivity index (χ0) is 22.3. The van der Waals surface area contributed by atoms with Crippen LogP contribution in [0, 0.1) is 11.3 Å². The Morgan fingerprint density at radius 3 is 2.71 bits per heavy atom. The number of rotatable bonds is 3. The molecule has 4 rings (SSSR count). The molecular formula is C24H28N2O5. The molecule has 2 aromatic rings. The van der Waals surface area contributed by atoms with Gasteiger partial charge in [-0.05, 0) is 32.0 Å². The van der Waals surface area contributed by atoms with Crippen LogP contribution in [-0.4, -0.2) is 61.0 Å². The number of methoxy groups -OCH3 is 1. The van der Waals surface area contributed by atoms with E-state index in [0.717, 1.165) is 22.0 Å². The number of likely N-dealkylation sites (tertiary alicyclic amines) is 1. The first-order valence-corrected chi connectivity index (χ1v) is 10.5. The quantitative estimate of drug-likeness (QED) is 0.602. The predicted molar refractivity (Wildman–Crippen MR) is 116 cm³/mol. The number of hydrogen-bond donors (Lipinski definition) is 1. The van der Waals surface area contributed by atoms with Crippen molar-refractivity contribution in [1.82, 2.24) is 9.88 Å². The van der Waals surface area contributed by atoms with Crippen LogP contribution in [0.15, 0.2) is 35.9 Å². The molecule has 2 heterocycles. The van der Waals surface area contributed by atoms with Crippen LogP contribution in [0.3, 0.4) is 0 Å². The van der Waals surface area contributed by atoms with E-state index < -0.39 is 23.3 Å². The molecule has 0 radical (unpaired) electrons. The molecule has 164 valence electrons. The lowest BCUT2D eigenvalue weighted by atomic mass is 9.60. The van der Waals surface area contributed by atoms with E-state index in [0.29, 0.717) is 18.7 Å². The van der Waals surface area contributed by atoms with Crippen LogP contribution in [-0.2, 0) is 25.5 Å². The average Bonchev–Trinajstić information content (AvgIpc) is 3.12. The molecule has 0 unspecified atom stereocenters. The molecular weight excluding hydrogens is 396 g/mol. The highest BCUT2D eigenvalue weighted by atomic mass is 16.5. The number of ether oxygens (including phenoxy) is 2. The topological polar surface area (TPSA) is 88.7 Å². The number of aromatic amines is 1. The molecule has 3 atom stereocenters. The molecule has 2 aliphatic rings. The molecule has 7 nitrogen and oxygen atoms in total. The van der Waals surface area contributed by atoms with Crippen molar-refractivity contribution in [3.05, 3.63) is 47.2 Å². The average molecular weight is 424 g/mol. The molecule has 7 heteroatoms. The highest BCUT2D eigenvalue weighted by molar-refractivity contribution is 6.03. The summed E-state index contributed by atoms with van der Waals surface area (Å²) >= 11 is 0. The summed E-state index contributed by atoms with van der Waals surface area (Å²) in [5, 5.41) is 0.973. The van der Waals surface area contributed by atoms with E-state index in [1.807, 2.05) is 44.3 Å². The summed E-state index contributed by atoms with van der Waals surface area (Å²) in [6.07, 6.45) is 2.56. The van der Waals surface area contributed by atoms with Gasteiger partial charge in [0.05, 0.1) is 12.8 Å². The summed E-state index contributed by atoms with van der Waals surface area (Å²) in [7, 11) is 3.31. The minimum atomic E-state index is -1.18. The molecule has 0 saturated carbocycles. The monoisotopic (exact) mass is 424 g/mol. The molecule has 0 amide bonds. The fourth-order valence-corrected chi connectivity index (χ4v) is 5.48. The predicted octanol–water partition coefficient (Wildman–Crippen LogP) is 2.90. The summed E-state index contributed by atoms with van der Waals surface area (Å²) in [5.74, 6) is -1.38. The first-order chi connectivity index (χ1) is 14.8. The summed E-state index contributed by atoms with van der Waals surface area (Å²) < 4.78 is 10.7. The number of piperidine rings is 1. The standard InChI is InChI=1S/C24H28N2O5/c1-5-15-12-26(3)21-10-17-16-8-6-7-9-19(16)25-22(17)20(28)11-18(15)24(21,23(29)30-4)13-31-14(2)27/h5-9,18,21,25H,10-13H2,1-4H3/b15-5-/t18-,21-,24+/m0/s1. The summed E-state index contributed by atoms with van der Waals surface area (Å²) in [6, 6.07) is 7.51. The van der Waals surface area contributed by atoms with Crippen molar-refractivity contribution in [3.8, 4) is 0 Å². The maximum Gasteiger partial charge on any atom is 0.317 e. The third-order valence-electron chi connectivity index (χ3n) is 6.96. The SMILES string of the molecule is C/C=C1/CN(C)[C@H]2Cc3c([nH]c4ccccc34)C(=O)C[C@@H]1[C@@]2(COC(C)=O)C(=O)OC. The van der Waals surface area contributed by atoms with Gasteiger partial charge in [-0.25, -0.2) is 0 Å². The van der Waals surface area contributed by atoms with E-state index >= 15 is 0 Å². The van der Waals surface area contributed by atoms with Crippen LogP contribution in [0.2, 0.25) is 0 Å². The van der Waals surface area contributed by atoms with Crippen LogP contribution in [0.25, 0.3) is 10.9 Å². The highest BCUT2D eigenvalue weighted by Gasteiger charge is 2.60. The van der Waals surface area contributed by atoms with E-state index in [4.69, 9.17) is 9.47 Å². The molecule has 0 spiro atoms. The Hall–Kier alpha value is -2.93. The van der Waals surface area contributed by atoms with Crippen molar-refractivity contribution in [2.24, 2.45) is 11.3 Å². The minimum absolute atomic E-state index is 0.0466. The Balaban J connectivity index is 1.97. The molecule has 1 aromatic heterocycles. The molecule has 1 aliphatic heterocycles. The number of carbonyl (C=O) groups is 3. The molecule has 2 bridgehead atoms. The van der Waals surface area contributed by atoms with Gasteiger partial charge in [-0.1, -0.05) is 29.8 Å². The maximum atomic E-state index is 13.5. The third kappa shape index (κ3) is 3.28. The number of allylic oxidation sites excluding steroid dienone is 1. The molecule has 31 heavy (non-hydrogen) atoms. The van der Waals surface area contributed by atoms with Crippen molar-refractivity contribution in [2.45, 2.75) is 32.7 Å². The summed E-state index contributed by atoms with van der Waals surface area (Å²) in [4.78, 5) is 44.1. The number of para-hydroxylation sites is 1. The number of fused-ring (bicyclic) bond motifs is 5. The van der Waals surface area contributed by atoms with Gasteiger partial charge in [0, 0.05) is 42.8 Å². The van der Waals surface area contributed by atoms with Gasteiger partial charge < -0.3 is 14.5 Å². The molecule has 1 saturated heterocycles. The van der Waals surface area contributed by atoms with E-state index in [9.17, 15) is 14.4 Å². The van der Waals surface area contributed by atoms with Crippen LogP contribution in [0.1, 0.15) is 36.3 Å². The lowest BCUT2D eigenvalue weighted by Gasteiger charge is -2.52. The summed E-state index contributed by atoms with van der Waals surface area (Å²) in [5.41, 5.74) is 2.20. The fraction of sp³-hybridized carbons (Fsp3) is 0.458. The number of H-pyrrole nitrogens is 1. The van der Waals surface area contributed by atoms with E-state index in [-0.39, 0.29) is 24.9 Å². The number of benzene rings is 1. The van der Waals surface area contributed by atoms with Crippen LogP contribution >= 0.6 is 0 Å². The van der Waals surface area contributed by atoms with Gasteiger partial charge in [-0.15, -0.1) is 0 Å².